The van der Waals surface area contributed by atoms with Gasteiger partial charge in [0.25, 0.3) is 0 Å². The lowest BCUT2D eigenvalue weighted by atomic mass is 10.1. The van der Waals surface area contributed by atoms with E-state index in [1.54, 1.807) is 24.3 Å². The van der Waals surface area contributed by atoms with Crippen molar-refractivity contribution < 1.29 is 61.1 Å². The number of nitrogens with zero attached hydrogens (tertiary/aromatic N) is 1. The summed E-state index contributed by atoms with van der Waals surface area (Å²) < 4.78 is 67.5. The molecule has 0 aromatic heterocycles. The molecule has 6 rings (SSSR count). The van der Waals surface area contributed by atoms with Crippen molar-refractivity contribution in [2.45, 2.75) is 38.2 Å². The van der Waals surface area contributed by atoms with E-state index in [-0.39, 0.29) is 39.5 Å². The molecule has 12 nitrogen and oxygen atoms in total. The predicted molar refractivity (Wildman–Crippen MR) is 207 cm³/mol. The molecule has 0 spiro atoms. The summed E-state index contributed by atoms with van der Waals surface area (Å²) in [6, 6.07) is 24.6. The first kappa shape index (κ1) is 41.7. The second-order valence-corrected chi connectivity index (χ2v) is 13.5. The number of halogens is 2. The lowest BCUT2D eigenvalue weighted by Gasteiger charge is -2.37. The van der Waals surface area contributed by atoms with E-state index < -0.39 is 46.8 Å². The Morgan fingerprint density at radius 2 is 1.14 bits per heavy atom. The highest BCUT2D eigenvalue weighted by molar-refractivity contribution is 5.97. The molecule has 1 heterocycles. The molecular formula is C45H37F2NO11. The van der Waals surface area contributed by atoms with Crippen LogP contribution in [-0.4, -0.2) is 55.9 Å². The average molecular weight is 806 g/mol. The fourth-order valence-corrected chi connectivity index (χ4v) is 5.58. The summed E-state index contributed by atoms with van der Waals surface area (Å²) in [5.74, 6) is -6.83. The zero-order valence-electron chi connectivity index (χ0n) is 31.7. The molecule has 1 aliphatic rings. The molecule has 0 bridgehead atoms. The number of rotatable bonds is 17. The number of hydrogen-bond donors (Lipinski definition) is 0. The Bertz CT molecular complexity index is 2340. The predicted octanol–water partition coefficient (Wildman–Crippen LogP) is 9.14. The minimum atomic E-state index is -1.62. The van der Waals surface area contributed by atoms with Crippen molar-refractivity contribution in [2.24, 2.45) is 0 Å². The summed E-state index contributed by atoms with van der Waals surface area (Å²) in [7, 11) is 0. The van der Waals surface area contributed by atoms with Crippen molar-refractivity contribution in [1.82, 2.24) is 0 Å². The van der Waals surface area contributed by atoms with E-state index in [1.165, 1.54) is 66.7 Å². The molecular weight excluding hydrogens is 768 g/mol. The topological polar surface area (TPSA) is 137 Å². The Morgan fingerprint density at radius 3 is 1.73 bits per heavy atom. The van der Waals surface area contributed by atoms with E-state index in [0.717, 1.165) is 50.5 Å². The van der Waals surface area contributed by atoms with Gasteiger partial charge in [-0.25, -0.2) is 28.4 Å². The molecule has 302 valence electrons. The second-order valence-electron chi connectivity index (χ2n) is 13.5. The van der Waals surface area contributed by atoms with Gasteiger partial charge in [-0.15, -0.1) is 0 Å². The molecule has 14 heteroatoms. The molecule has 1 aliphatic heterocycles. The van der Waals surface area contributed by atoms with Crippen LogP contribution < -0.4 is 23.7 Å². The van der Waals surface area contributed by atoms with Gasteiger partial charge in [0.05, 0.1) is 48.6 Å². The Labute approximate surface area is 338 Å². The van der Waals surface area contributed by atoms with Gasteiger partial charge in [-0.2, -0.15) is 4.39 Å². The largest absolute Gasteiger partial charge is 0.494 e. The Morgan fingerprint density at radius 1 is 0.610 bits per heavy atom. The maximum absolute atomic E-state index is 14.9. The number of unbranched alkanes of at least 4 members (excludes halogenated alkanes) is 3. The SMILES string of the molecule is [C-]#[N+]c1ccc(OC(=O)c2ccc(OC(=O)c3cccc(C(=O)Oc4ccc(C(=O)Oc5ccc(OCCCCCCOC6(C)COC6)cc5)cc4)c3)c(F)c2F)cc1. The third-order valence-electron chi connectivity index (χ3n) is 8.89. The van der Waals surface area contributed by atoms with Crippen LogP contribution in [0, 0.1) is 18.2 Å². The third-order valence-corrected chi connectivity index (χ3v) is 8.89. The number of ether oxygens (including phenoxy) is 7. The van der Waals surface area contributed by atoms with Crippen LogP contribution >= 0.6 is 0 Å². The summed E-state index contributed by atoms with van der Waals surface area (Å²) in [5.41, 5.74) is -0.659. The van der Waals surface area contributed by atoms with Crippen LogP contribution in [0.4, 0.5) is 14.5 Å². The zero-order chi connectivity index (χ0) is 41.8. The second kappa shape index (κ2) is 19.5. The van der Waals surface area contributed by atoms with E-state index in [1.807, 2.05) is 0 Å². The standard InChI is InChI=1S/C45H37F2NO11/c1-45(27-53-28-45)55-25-6-4-3-5-24-54-33-18-20-36(21-19-33)56-41(49)29-10-14-34(15-11-29)57-42(50)30-8-7-9-31(26-30)43(51)59-38-23-22-37(39(46)40(38)47)44(52)58-35-16-12-32(48-2)13-17-35/h7-23,26H,3-6,24-25,27-28H2,1H3. The molecule has 0 radical (unpaired) electrons. The van der Waals surface area contributed by atoms with Crippen molar-refractivity contribution in [3.05, 3.63) is 155 Å². The highest BCUT2D eigenvalue weighted by Crippen LogP contribution is 2.27. The van der Waals surface area contributed by atoms with Gasteiger partial charge < -0.3 is 33.2 Å². The number of carbonyl (C=O) groups is 4. The van der Waals surface area contributed by atoms with Crippen LogP contribution in [0.25, 0.3) is 4.85 Å². The molecule has 5 aromatic rings. The normalized spacial score (nSPS) is 12.6. The fourth-order valence-electron chi connectivity index (χ4n) is 5.58. The Balaban J connectivity index is 0.944. The molecule has 0 atom stereocenters. The van der Waals surface area contributed by atoms with Gasteiger partial charge in [0.2, 0.25) is 5.82 Å². The van der Waals surface area contributed by atoms with Crippen molar-refractivity contribution in [1.29, 1.82) is 0 Å². The van der Waals surface area contributed by atoms with Gasteiger partial charge in [0.1, 0.15) is 28.6 Å². The Kier molecular flexibility index (Phi) is 13.8. The molecule has 0 unspecified atom stereocenters. The first-order chi connectivity index (χ1) is 28.5. The van der Waals surface area contributed by atoms with Gasteiger partial charge in [0, 0.05) is 6.61 Å². The number of benzene rings is 5. The number of esters is 4. The lowest BCUT2D eigenvalue weighted by molar-refractivity contribution is -0.199. The maximum atomic E-state index is 14.9. The van der Waals surface area contributed by atoms with Crippen LogP contribution in [0.2, 0.25) is 0 Å². The minimum Gasteiger partial charge on any atom is -0.494 e. The average Bonchev–Trinajstić information content (AvgIpc) is 3.23. The van der Waals surface area contributed by atoms with Gasteiger partial charge in [-0.3, -0.25) is 0 Å². The molecule has 5 aromatic carbocycles. The lowest BCUT2D eigenvalue weighted by Crippen LogP contribution is -2.49. The maximum Gasteiger partial charge on any atom is 0.346 e. The smallest absolute Gasteiger partial charge is 0.346 e. The van der Waals surface area contributed by atoms with Gasteiger partial charge >= 0.3 is 23.9 Å². The first-order valence-electron chi connectivity index (χ1n) is 18.5. The molecule has 0 saturated carbocycles. The molecule has 1 saturated heterocycles. The summed E-state index contributed by atoms with van der Waals surface area (Å²) in [5, 5.41) is 0. The highest BCUT2D eigenvalue weighted by atomic mass is 19.2. The van der Waals surface area contributed by atoms with E-state index in [9.17, 15) is 28.0 Å². The van der Waals surface area contributed by atoms with Gasteiger partial charge in [-0.1, -0.05) is 24.6 Å². The van der Waals surface area contributed by atoms with E-state index in [0.29, 0.717) is 31.3 Å². The van der Waals surface area contributed by atoms with Gasteiger partial charge in [0.15, 0.2) is 17.3 Å². The van der Waals surface area contributed by atoms with E-state index in [4.69, 9.17) is 39.7 Å². The van der Waals surface area contributed by atoms with Crippen LogP contribution in [0.3, 0.4) is 0 Å². The number of hydrogen-bond acceptors (Lipinski definition) is 11. The third kappa shape index (κ3) is 11.3. The van der Waals surface area contributed by atoms with Crippen molar-refractivity contribution in [3.63, 3.8) is 0 Å². The monoisotopic (exact) mass is 805 g/mol. The van der Waals surface area contributed by atoms with Crippen LogP contribution in [0.1, 0.15) is 74.0 Å². The van der Waals surface area contributed by atoms with Crippen LogP contribution in [0.15, 0.2) is 109 Å². The molecule has 1 fully saturated rings. The zero-order valence-corrected chi connectivity index (χ0v) is 31.7. The van der Waals surface area contributed by atoms with Crippen molar-refractivity contribution in [3.8, 4) is 28.7 Å². The highest BCUT2D eigenvalue weighted by Gasteiger charge is 2.34. The van der Waals surface area contributed by atoms with Gasteiger partial charge in [-0.05, 0) is 117 Å². The Hall–Kier alpha value is -6.95. The van der Waals surface area contributed by atoms with Crippen molar-refractivity contribution in [2.75, 3.05) is 26.4 Å². The van der Waals surface area contributed by atoms with E-state index in [2.05, 4.69) is 11.8 Å². The molecule has 0 amide bonds. The van der Waals surface area contributed by atoms with E-state index >= 15 is 0 Å². The number of carbonyl (C=O) groups excluding carboxylic acids is 4. The van der Waals surface area contributed by atoms with Crippen LogP contribution in [-0.2, 0) is 9.47 Å². The van der Waals surface area contributed by atoms with Crippen molar-refractivity contribution >= 4 is 29.6 Å². The summed E-state index contributed by atoms with van der Waals surface area (Å²) >= 11 is 0. The fraction of sp³-hybridized carbons (Fsp3) is 0.222. The summed E-state index contributed by atoms with van der Waals surface area (Å²) in [6.45, 7) is 11.6. The van der Waals surface area contributed by atoms with Crippen LogP contribution in [0.5, 0.6) is 28.7 Å². The molecule has 59 heavy (non-hydrogen) atoms. The quantitative estimate of drug-likeness (QED) is 0.0385. The minimum absolute atomic E-state index is 0.00216. The summed E-state index contributed by atoms with van der Waals surface area (Å²) in [6.07, 6.45) is 3.96. The molecule has 0 aliphatic carbocycles. The first-order valence-corrected chi connectivity index (χ1v) is 18.5. The summed E-state index contributed by atoms with van der Waals surface area (Å²) in [4.78, 5) is 54.2. The molecule has 0 N–H and O–H groups in total.